The predicted molar refractivity (Wildman–Crippen MR) is 111 cm³/mol. The first-order chi connectivity index (χ1) is 13.5. The van der Waals surface area contributed by atoms with Crippen molar-refractivity contribution in [3.8, 4) is 11.4 Å². The van der Waals surface area contributed by atoms with Gasteiger partial charge in [-0.05, 0) is 73.0 Å². The maximum Gasteiger partial charge on any atom is 0.214 e. The molecule has 2 aromatic carbocycles. The molecule has 4 rings (SSSR count). The summed E-state index contributed by atoms with van der Waals surface area (Å²) >= 11 is 1.63. The SMILES string of the molecule is Cc1cc(C)n(-c2ccc(CSc3nnnn3-c3c(C)cccc3C)cc2)n1. The van der Waals surface area contributed by atoms with Crippen molar-refractivity contribution in [3.63, 3.8) is 0 Å². The first-order valence-electron chi connectivity index (χ1n) is 9.13. The summed E-state index contributed by atoms with van der Waals surface area (Å²) in [6.45, 7) is 8.23. The van der Waals surface area contributed by atoms with E-state index in [-0.39, 0.29) is 0 Å². The van der Waals surface area contributed by atoms with Crippen molar-refractivity contribution >= 4 is 11.8 Å². The van der Waals surface area contributed by atoms with Crippen molar-refractivity contribution in [2.75, 3.05) is 0 Å². The zero-order chi connectivity index (χ0) is 19.7. The number of thioether (sulfide) groups is 1. The Bertz CT molecular complexity index is 1090. The van der Waals surface area contributed by atoms with Gasteiger partial charge in [0.2, 0.25) is 5.16 Å². The van der Waals surface area contributed by atoms with Gasteiger partial charge in [-0.2, -0.15) is 9.78 Å². The molecular weight excluding hydrogens is 368 g/mol. The maximum atomic E-state index is 4.54. The second-order valence-electron chi connectivity index (χ2n) is 6.91. The summed E-state index contributed by atoms with van der Waals surface area (Å²) in [4.78, 5) is 0. The van der Waals surface area contributed by atoms with E-state index in [4.69, 9.17) is 0 Å². The zero-order valence-corrected chi connectivity index (χ0v) is 17.2. The van der Waals surface area contributed by atoms with E-state index in [0.29, 0.717) is 0 Å². The number of aromatic nitrogens is 6. The van der Waals surface area contributed by atoms with E-state index in [2.05, 4.69) is 89.9 Å². The largest absolute Gasteiger partial charge is 0.238 e. The molecule has 0 N–H and O–H groups in total. The third-order valence-electron chi connectivity index (χ3n) is 4.65. The number of rotatable bonds is 5. The van der Waals surface area contributed by atoms with Crippen molar-refractivity contribution < 1.29 is 0 Å². The van der Waals surface area contributed by atoms with E-state index < -0.39 is 0 Å². The number of nitrogens with zero attached hydrogens (tertiary/aromatic N) is 6. The van der Waals surface area contributed by atoms with E-state index in [1.807, 2.05) is 16.3 Å². The zero-order valence-electron chi connectivity index (χ0n) is 16.4. The Morgan fingerprint density at radius 3 is 2.25 bits per heavy atom. The smallest absolute Gasteiger partial charge is 0.214 e. The van der Waals surface area contributed by atoms with Crippen LogP contribution in [0.4, 0.5) is 0 Å². The number of aryl methyl sites for hydroxylation is 4. The quantitative estimate of drug-likeness (QED) is 0.474. The molecule has 0 saturated carbocycles. The van der Waals surface area contributed by atoms with Crippen LogP contribution in [0.25, 0.3) is 11.4 Å². The van der Waals surface area contributed by atoms with Crippen molar-refractivity contribution in [1.82, 2.24) is 30.0 Å². The van der Waals surface area contributed by atoms with Gasteiger partial charge in [0, 0.05) is 11.4 Å². The normalized spacial score (nSPS) is 11.1. The summed E-state index contributed by atoms with van der Waals surface area (Å²) in [7, 11) is 0. The molecule has 28 heavy (non-hydrogen) atoms. The highest BCUT2D eigenvalue weighted by atomic mass is 32.2. The fraction of sp³-hybridized carbons (Fsp3) is 0.238. The Labute approximate surface area is 168 Å². The van der Waals surface area contributed by atoms with Crippen molar-refractivity contribution in [3.05, 3.63) is 76.6 Å². The molecule has 0 aliphatic carbocycles. The van der Waals surface area contributed by atoms with Gasteiger partial charge in [0.25, 0.3) is 0 Å². The van der Waals surface area contributed by atoms with Gasteiger partial charge in [0.05, 0.1) is 17.1 Å². The third-order valence-corrected chi connectivity index (χ3v) is 5.64. The molecule has 0 spiro atoms. The van der Waals surface area contributed by atoms with Crippen molar-refractivity contribution in [2.24, 2.45) is 0 Å². The maximum absolute atomic E-state index is 4.54. The van der Waals surface area contributed by atoms with Crippen LogP contribution in [0.2, 0.25) is 0 Å². The van der Waals surface area contributed by atoms with Crippen LogP contribution in [0, 0.1) is 27.7 Å². The van der Waals surface area contributed by atoms with Gasteiger partial charge in [0.1, 0.15) is 0 Å². The number of tetrazole rings is 1. The molecule has 7 heteroatoms. The second-order valence-corrected chi connectivity index (χ2v) is 7.85. The summed E-state index contributed by atoms with van der Waals surface area (Å²) in [5.41, 5.74) is 7.80. The van der Waals surface area contributed by atoms with Crippen LogP contribution in [0.1, 0.15) is 28.1 Å². The highest BCUT2D eigenvalue weighted by Crippen LogP contribution is 2.26. The van der Waals surface area contributed by atoms with E-state index >= 15 is 0 Å². The molecule has 0 radical (unpaired) electrons. The summed E-state index contributed by atoms with van der Waals surface area (Å²) in [5.74, 6) is 0.794. The number of benzene rings is 2. The van der Waals surface area contributed by atoms with Gasteiger partial charge in [0.15, 0.2) is 0 Å². The highest BCUT2D eigenvalue weighted by molar-refractivity contribution is 7.98. The fourth-order valence-electron chi connectivity index (χ4n) is 3.32. The molecule has 142 valence electrons. The Morgan fingerprint density at radius 2 is 1.61 bits per heavy atom. The van der Waals surface area contributed by atoms with E-state index in [1.54, 1.807) is 11.8 Å². The standard InChI is InChI=1S/C21H22N6S/c1-14-6-5-7-15(2)20(14)27-21(22-24-25-27)28-13-18-8-10-19(11-9-18)26-17(4)12-16(3)23-26/h5-12H,13H2,1-4H3. The number of hydrogen-bond donors (Lipinski definition) is 0. The van der Waals surface area contributed by atoms with Crippen LogP contribution in [-0.2, 0) is 5.75 Å². The molecule has 0 aliphatic rings. The Hall–Kier alpha value is -2.93. The third kappa shape index (κ3) is 3.57. The summed E-state index contributed by atoms with van der Waals surface area (Å²) < 4.78 is 3.80. The van der Waals surface area contributed by atoms with Crippen LogP contribution < -0.4 is 0 Å². The van der Waals surface area contributed by atoms with Crippen molar-refractivity contribution in [2.45, 2.75) is 38.6 Å². The second kappa shape index (κ2) is 7.59. The number of para-hydroxylation sites is 1. The molecule has 0 aliphatic heterocycles. The molecule has 0 bridgehead atoms. The molecule has 4 aromatic rings. The molecule has 2 heterocycles. The Kier molecular flexibility index (Phi) is 5.00. The van der Waals surface area contributed by atoms with Gasteiger partial charge in [-0.1, -0.05) is 42.1 Å². The number of hydrogen-bond acceptors (Lipinski definition) is 5. The lowest BCUT2D eigenvalue weighted by Crippen LogP contribution is -2.04. The highest BCUT2D eigenvalue weighted by Gasteiger charge is 2.13. The van der Waals surface area contributed by atoms with Crippen LogP contribution in [0.15, 0.2) is 53.7 Å². The van der Waals surface area contributed by atoms with Gasteiger partial charge in [-0.15, -0.1) is 5.10 Å². The minimum atomic E-state index is 0.792. The monoisotopic (exact) mass is 390 g/mol. The molecule has 0 saturated heterocycles. The first-order valence-corrected chi connectivity index (χ1v) is 10.1. The molecule has 0 unspecified atom stereocenters. The van der Waals surface area contributed by atoms with Crippen LogP contribution in [0.5, 0.6) is 0 Å². The van der Waals surface area contributed by atoms with Crippen LogP contribution in [0.3, 0.4) is 0 Å². The molecule has 0 atom stereocenters. The first kappa shape index (κ1) is 18.4. The lowest BCUT2D eigenvalue weighted by atomic mass is 10.1. The van der Waals surface area contributed by atoms with Gasteiger partial charge in [-0.3, -0.25) is 0 Å². The Balaban J connectivity index is 1.52. The summed E-state index contributed by atoms with van der Waals surface area (Å²) in [6.07, 6.45) is 0. The summed E-state index contributed by atoms with van der Waals surface area (Å²) in [6, 6.07) is 16.8. The lowest BCUT2D eigenvalue weighted by molar-refractivity contribution is 0.747. The Morgan fingerprint density at radius 1 is 0.893 bits per heavy atom. The minimum absolute atomic E-state index is 0.792. The van der Waals surface area contributed by atoms with Gasteiger partial charge >= 0.3 is 0 Å². The van der Waals surface area contributed by atoms with Gasteiger partial charge in [-0.25, -0.2) is 4.68 Å². The van der Waals surface area contributed by atoms with E-state index in [0.717, 1.165) is 44.8 Å². The molecular formula is C21H22N6S. The molecule has 0 fully saturated rings. The lowest BCUT2D eigenvalue weighted by Gasteiger charge is -2.10. The van der Waals surface area contributed by atoms with Gasteiger partial charge < -0.3 is 0 Å². The van der Waals surface area contributed by atoms with Crippen molar-refractivity contribution in [1.29, 1.82) is 0 Å². The van der Waals surface area contributed by atoms with Crippen LogP contribution >= 0.6 is 11.8 Å². The molecule has 0 amide bonds. The molecule has 2 aromatic heterocycles. The summed E-state index contributed by atoms with van der Waals surface area (Å²) in [5, 5.41) is 17.7. The fourth-order valence-corrected chi connectivity index (χ4v) is 4.15. The minimum Gasteiger partial charge on any atom is -0.238 e. The van der Waals surface area contributed by atoms with E-state index in [9.17, 15) is 0 Å². The van der Waals surface area contributed by atoms with E-state index in [1.165, 1.54) is 5.56 Å². The average Bonchev–Trinajstić information content (AvgIpc) is 3.26. The van der Waals surface area contributed by atoms with Crippen LogP contribution in [-0.4, -0.2) is 30.0 Å². The topological polar surface area (TPSA) is 61.4 Å². The molecule has 6 nitrogen and oxygen atoms in total. The average molecular weight is 391 g/mol. The predicted octanol–water partition coefficient (Wildman–Crippen LogP) is 4.37.